The lowest BCUT2D eigenvalue weighted by Gasteiger charge is -2.41. The number of piperazine rings is 1. The van der Waals surface area contributed by atoms with Gasteiger partial charge in [-0.2, -0.15) is 0 Å². The fourth-order valence-corrected chi connectivity index (χ4v) is 6.41. The number of hydrogen-bond donors (Lipinski definition) is 0. The Morgan fingerprint density at radius 2 is 1.58 bits per heavy atom. The van der Waals surface area contributed by atoms with Gasteiger partial charge in [-0.3, -0.25) is 4.90 Å². The zero-order valence-corrected chi connectivity index (χ0v) is 22.9. The second kappa shape index (κ2) is 9.51. The van der Waals surface area contributed by atoms with Crippen molar-refractivity contribution in [3.8, 4) is 11.5 Å². The summed E-state index contributed by atoms with van der Waals surface area (Å²) in [6.45, 7) is 15.4. The molecule has 1 saturated heterocycles. The predicted octanol–water partition coefficient (Wildman–Crippen LogP) is 5.90. The van der Waals surface area contributed by atoms with Gasteiger partial charge in [-0.1, -0.05) is 18.2 Å². The van der Waals surface area contributed by atoms with E-state index in [0.717, 1.165) is 49.9 Å². The number of nitrogens with zero attached hydrogens (tertiary/aromatic N) is 2. The summed E-state index contributed by atoms with van der Waals surface area (Å²) in [5, 5.41) is 0. The van der Waals surface area contributed by atoms with Crippen LogP contribution in [-0.4, -0.2) is 56.9 Å². The Morgan fingerprint density at radius 1 is 0.889 bits per heavy atom. The number of allylic oxidation sites excluding steroid dienone is 1. The fraction of sp³-hybridized carbons (Fsp3) is 0.484. The molecule has 2 unspecified atom stereocenters. The third kappa shape index (κ3) is 4.17. The van der Waals surface area contributed by atoms with Crippen molar-refractivity contribution in [2.24, 2.45) is 0 Å². The van der Waals surface area contributed by atoms with Crippen LogP contribution in [0.1, 0.15) is 54.0 Å². The number of anilines is 1. The Morgan fingerprint density at radius 3 is 2.17 bits per heavy atom. The highest BCUT2D eigenvalue weighted by atomic mass is 16.5. The summed E-state index contributed by atoms with van der Waals surface area (Å²) < 4.78 is 17.5. The first-order valence-corrected chi connectivity index (χ1v) is 13.1. The Hall–Kier alpha value is -2.92. The summed E-state index contributed by atoms with van der Waals surface area (Å²) in [6.07, 6.45) is 7.63. The first kappa shape index (κ1) is 24.8. The monoisotopic (exact) mass is 488 g/mol. The Balaban J connectivity index is 1.44. The van der Waals surface area contributed by atoms with Crippen LogP contribution in [0.2, 0.25) is 0 Å². The summed E-state index contributed by atoms with van der Waals surface area (Å²) in [7, 11) is 3.46. The van der Waals surface area contributed by atoms with E-state index in [9.17, 15) is 0 Å². The second-order valence-electron chi connectivity index (χ2n) is 10.9. The van der Waals surface area contributed by atoms with Gasteiger partial charge in [-0.05, 0) is 87.6 Å². The molecule has 0 bridgehead atoms. The van der Waals surface area contributed by atoms with Crippen molar-refractivity contribution in [3.05, 3.63) is 76.1 Å². The molecule has 2 aliphatic heterocycles. The zero-order valence-electron chi connectivity index (χ0n) is 22.9. The van der Waals surface area contributed by atoms with E-state index < -0.39 is 0 Å². The zero-order chi connectivity index (χ0) is 25.6. The quantitative estimate of drug-likeness (QED) is 0.523. The molecule has 5 rings (SSSR count). The molecule has 3 aliphatic rings. The van der Waals surface area contributed by atoms with E-state index >= 15 is 0 Å². The highest BCUT2D eigenvalue weighted by molar-refractivity contribution is 5.72. The van der Waals surface area contributed by atoms with Gasteiger partial charge in [0.2, 0.25) is 0 Å². The summed E-state index contributed by atoms with van der Waals surface area (Å²) in [5.41, 5.74) is 7.66. The first-order valence-electron chi connectivity index (χ1n) is 13.1. The molecule has 192 valence electrons. The molecule has 0 amide bonds. The van der Waals surface area contributed by atoms with Crippen molar-refractivity contribution < 1.29 is 14.2 Å². The topological polar surface area (TPSA) is 34.2 Å². The number of benzene rings is 2. The molecule has 0 radical (unpaired) electrons. The summed E-state index contributed by atoms with van der Waals surface area (Å²) >= 11 is 0. The van der Waals surface area contributed by atoms with E-state index in [2.05, 4.69) is 86.9 Å². The summed E-state index contributed by atoms with van der Waals surface area (Å²) in [6, 6.07) is 8.97. The van der Waals surface area contributed by atoms with Crippen molar-refractivity contribution in [1.82, 2.24) is 4.90 Å². The van der Waals surface area contributed by atoms with E-state index in [1.54, 1.807) is 14.2 Å². The highest BCUT2D eigenvalue weighted by Crippen LogP contribution is 2.54. The molecule has 2 aromatic rings. The number of ether oxygens (including phenoxy) is 3. The SMILES string of the molecule is COC1=CCC(N2CCN(c3c(C)c(C)c4c(c3C)C(c3ccc(OC)cc3)C(C)(C)O4)CC2)C=C1. The maximum absolute atomic E-state index is 6.69. The Labute approximate surface area is 216 Å². The van der Waals surface area contributed by atoms with Crippen LogP contribution in [0.15, 0.2) is 48.3 Å². The standard InChI is InChI=1S/C31H40N2O3/c1-20-21(2)30-27(28(31(4,5)36-30)23-8-12-25(34-6)13-9-23)22(3)29(20)33-18-16-32(17-19-33)24-10-14-26(35-7)15-11-24/h8-10,12-15,24,28H,11,16-19H2,1-7H3. The molecule has 2 heterocycles. The molecular formula is C31H40N2O3. The van der Waals surface area contributed by atoms with Gasteiger partial charge in [0.1, 0.15) is 22.9 Å². The molecule has 5 nitrogen and oxygen atoms in total. The number of fused-ring (bicyclic) bond motifs is 1. The van der Waals surface area contributed by atoms with Crippen LogP contribution < -0.4 is 14.4 Å². The van der Waals surface area contributed by atoms with Gasteiger partial charge in [-0.15, -0.1) is 0 Å². The van der Waals surface area contributed by atoms with Crippen LogP contribution in [-0.2, 0) is 4.74 Å². The van der Waals surface area contributed by atoms with Gasteiger partial charge in [-0.25, -0.2) is 0 Å². The molecule has 0 N–H and O–H groups in total. The van der Waals surface area contributed by atoms with Crippen molar-refractivity contribution in [2.45, 2.75) is 58.6 Å². The molecule has 0 aromatic heterocycles. The summed E-state index contributed by atoms with van der Waals surface area (Å²) in [5.74, 6) is 3.10. The van der Waals surface area contributed by atoms with Crippen LogP contribution in [0.4, 0.5) is 5.69 Å². The van der Waals surface area contributed by atoms with Crippen LogP contribution in [0.3, 0.4) is 0 Å². The van der Waals surface area contributed by atoms with E-state index in [1.807, 2.05) is 0 Å². The van der Waals surface area contributed by atoms with Gasteiger partial charge in [0.05, 0.1) is 20.1 Å². The second-order valence-corrected chi connectivity index (χ2v) is 10.9. The van der Waals surface area contributed by atoms with Crippen LogP contribution in [0.5, 0.6) is 11.5 Å². The van der Waals surface area contributed by atoms with Gasteiger partial charge in [0, 0.05) is 43.5 Å². The molecule has 5 heteroatoms. The average Bonchev–Trinajstić information content (AvgIpc) is 3.19. The number of methoxy groups -OCH3 is 2. The maximum Gasteiger partial charge on any atom is 0.127 e. The third-order valence-corrected chi connectivity index (χ3v) is 8.44. The van der Waals surface area contributed by atoms with E-state index in [-0.39, 0.29) is 11.5 Å². The Bertz CT molecular complexity index is 1190. The largest absolute Gasteiger partial charge is 0.497 e. The number of rotatable bonds is 5. The normalized spacial score (nSPS) is 23.2. The lowest BCUT2D eigenvalue weighted by atomic mass is 9.78. The van der Waals surface area contributed by atoms with E-state index in [1.165, 1.54) is 33.5 Å². The number of hydrogen-bond acceptors (Lipinski definition) is 5. The molecular weight excluding hydrogens is 448 g/mol. The average molecular weight is 489 g/mol. The van der Waals surface area contributed by atoms with E-state index in [4.69, 9.17) is 14.2 Å². The minimum absolute atomic E-state index is 0.173. The summed E-state index contributed by atoms with van der Waals surface area (Å²) in [4.78, 5) is 5.21. The van der Waals surface area contributed by atoms with Crippen LogP contribution in [0, 0.1) is 20.8 Å². The molecule has 1 fully saturated rings. The van der Waals surface area contributed by atoms with Crippen molar-refractivity contribution >= 4 is 5.69 Å². The molecule has 36 heavy (non-hydrogen) atoms. The van der Waals surface area contributed by atoms with Gasteiger partial charge < -0.3 is 19.1 Å². The van der Waals surface area contributed by atoms with Gasteiger partial charge in [0.25, 0.3) is 0 Å². The molecule has 1 aliphatic carbocycles. The van der Waals surface area contributed by atoms with Crippen molar-refractivity contribution in [3.63, 3.8) is 0 Å². The van der Waals surface area contributed by atoms with Gasteiger partial charge >= 0.3 is 0 Å². The third-order valence-electron chi connectivity index (χ3n) is 8.44. The first-order chi connectivity index (χ1) is 17.2. The predicted molar refractivity (Wildman–Crippen MR) is 147 cm³/mol. The van der Waals surface area contributed by atoms with Gasteiger partial charge in [0.15, 0.2) is 0 Å². The smallest absolute Gasteiger partial charge is 0.127 e. The minimum atomic E-state index is -0.321. The fourth-order valence-electron chi connectivity index (χ4n) is 6.41. The lowest BCUT2D eigenvalue weighted by Crippen LogP contribution is -2.50. The van der Waals surface area contributed by atoms with E-state index in [0.29, 0.717) is 6.04 Å². The lowest BCUT2D eigenvalue weighted by molar-refractivity contribution is 0.121. The molecule has 2 atom stereocenters. The van der Waals surface area contributed by atoms with Crippen LogP contribution >= 0.6 is 0 Å². The highest BCUT2D eigenvalue weighted by Gasteiger charge is 2.45. The molecule has 0 spiro atoms. The Kier molecular flexibility index (Phi) is 6.54. The van der Waals surface area contributed by atoms with Crippen molar-refractivity contribution in [1.29, 1.82) is 0 Å². The molecule has 2 aromatic carbocycles. The minimum Gasteiger partial charge on any atom is -0.497 e. The van der Waals surface area contributed by atoms with Crippen molar-refractivity contribution in [2.75, 3.05) is 45.3 Å². The maximum atomic E-state index is 6.69. The molecule has 0 saturated carbocycles. The van der Waals surface area contributed by atoms with Crippen LogP contribution in [0.25, 0.3) is 0 Å².